The van der Waals surface area contributed by atoms with Gasteiger partial charge in [0.25, 0.3) is 5.91 Å². The third-order valence-electron chi connectivity index (χ3n) is 4.46. The summed E-state index contributed by atoms with van der Waals surface area (Å²) in [5.74, 6) is -1.76. The summed E-state index contributed by atoms with van der Waals surface area (Å²) >= 11 is 5.73. The lowest BCUT2D eigenvalue weighted by Crippen LogP contribution is -2.50. The second-order valence-electron chi connectivity index (χ2n) is 5.90. The van der Waals surface area contributed by atoms with Gasteiger partial charge in [-0.2, -0.15) is 18.3 Å². The van der Waals surface area contributed by atoms with Crippen LogP contribution in [0.5, 0.6) is 0 Å². The number of carboxylic acid groups (broad SMARTS) is 1. The van der Waals surface area contributed by atoms with E-state index in [1.807, 2.05) is 0 Å². The predicted molar refractivity (Wildman–Crippen MR) is 78.7 cm³/mol. The molecule has 1 amide bonds. The highest BCUT2D eigenvalue weighted by Gasteiger charge is 2.44. The summed E-state index contributed by atoms with van der Waals surface area (Å²) in [5, 5.41) is 12.0. The van der Waals surface area contributed by atoms with Gasteiger partial charge in [-0.15, -0.1) is 0 Å². The van der Waals surface area contributed by atoms with E-state index in [4.69, 9.17) is 11.6 Å². The van der Waals surface area contributed by atoms with E-state index < -0.39 is 34.2 Å². The smallest absolute Gasteiger partial charge is 0.436 e. The van der Waals surface area contributed by atoms with E-state index >= 15 is 0 Å². The van der Waals surface area contributed by atoms with Crippen molar-refractivity contribution in [1.82, 2.24) is 14.7 Å². The number of carbonyl (C=O) groups excluding carboxylic acids is 1. The molecule has 1 saturated heterocycles. The van der Waals surface area contributed by atoms with E-state index in [1.165, 1.54) is 11.9 Å². The summed E-state index contributed by atoms with van der Waals surface area (Å²) in [7, 11) is 1.20. The fourth-order valence-corrected chi connectivity index (χ4v) is 3.33. The number of nitrogens with zero attached hydrogens (tertiary/aromatic N) is 3. The Bertz CT molecular complexity index is 674. The van der Waals surface area contributed by atoms with Crippen molar-refractivity contribution in [3.63, 3.8) is 0 Å². The van der Waals surface area contributed by atoms with Gasteiger partial charge in [0.15, 0.2) is 5.69 Å². The number of aliphatic carboxylic acids is 1. The van der Waals surface area contributed by atoms with Crippen molar-refractivity contribution in [3.05, 3.63) is 16.4 Å². The first-order chi connectivity index (χ1) is 11.0. The molecule has 0 radical (unpaired) electrons. The lowest BCUT2D eigenvalue weighted by molar-refractivity contribution is -0.152. The number of hydrogen-bond acceptors (Lipinski definition) is 3. The van der Waals surface area contributed by atoms with Crippen LogP contribution in [0, 0.1) is 5.41 Å². The SMILES string of the molecule is CC[C@@]1(C(=O)O)CCCN(C(=O)c2c(Cl)c(C(F)(F)F)nn2C)C1. The van der Waals surface area contributed by atoms with Crippen LogP contribution < -0.4 is 0 Å². The average Bonchev–Trinajstić information content (AvgIpc) is 2.81. The molecule has 0 aliphatic carbocycles. The van der Waals surface area contributed by atoms with Crippen LogP contribution in [0.3, 0.4) is 0 Å². The molecule has 6 nitrogen and oxygen atoms in total. The zero-order valence-corrected chi connectivity index (χ0v) is 13.9. The van der Waals surface area contributed by atoms with Crippen molar-refractivity contribution in [2.24, 2.45) is 12.5 Å². The standard InChI is InChI=1S/C14H17ClF3N3O3/c1-3-13(12(23)24)5-4-6-21(7-13)11(22)9-8(15)10(14(16,17)18)19-20(9)2/h3-7H2,1-2H3,(H,23,24)/t13-/m1/s1. The van der Waals surface area contributed by atoms with Gasteiger partial charge in [0, 0.05) is 20.1 Å². The number of hydrogen-bond donors (Lipinski definition) is 1. The lowest BCUT2D eigenvalue weighted by atomic mass is 9.77. The first kappa shape index (κ1) is 18.6. The number of carbonyl (C=O) groups is 2. The van der Waals surface area contributed by atoms with E-state index in [2.05, 4.69) is 5.10 Å². The van der Waals surface area contributed by atoms with Crippen LogP contribution in [0.25, 0.3) is 0 Å². The van der Waals surface area contributed by atoms with Crippen molar-refractivity contribution in [2.75, 3.05) is 13.1 Å². The maximum Gasteiger partial charge on any atom is 0.436 e. The number of amides is 1. The van der Waals surface area contributed by atoms with Gasteiger partial charge in [0.05, 0.1) is 5.41 Å². The molecule has 0 aromatic carbocycles. The molecule has 2 rings (SSSR count). The Hall–Kier alpha value is -1.77. The topological polar surface area (TPSA) is 75.4 Å². The average molecular weight is 368 g/mol. The number of carboxylic acids is 1. The zero-order valence-electron chi connectivity index (χ0n) is 13.2. The van der Waals surface area contributed by atoms with Gasteiger partial charge in [-0.3, -0.25) is 14.3 Å². The summed E-state index contributed by atoms with van der Waals surface area (Å²) < 4.78 is 39.4. The summed E-state index contributed by atoms with van der Waals surface area (Å²) in [6.07, 6.45) is -3.59. The Kier molecular flexibility index (Phi) is 4.85. The Balaban J connectivity index is 2.36. The van der Waals surface area contributed by atoms with Gasteiger partial charge in [-0.1, -0.05) is 18.5 Å². The third-order valence-corrected chi connectivity index (χ3v) is 4.81. The number of alkyl halides is 3. The minimum atomic E-state index is -4.77. The van der Waals surface area contributed by atoms with Crippen LogP contribution >= 0.6 is 11.6 Å². The number of aromatic nitrogens is 2. The van der Waals surface area contributed by atoms with Crippen molar-refractivity contribution >= 4 is 23.5 Å². The molecule has 1 N–H and O–H groups in total. The second-order valence-corrected chi connectivity index (χ2v) is 6.28. The summed E-state index contributed by atoms with van der Waals surface area (Å²) in [6, 6.07) is 0. The number of rotatable bonds is 3. The fraction of sp³-hybridized carbons (Fsp3) is 0.643. The zero-order chi connectivity index (χ0) is 18.3. The molecule has 0 spiro atoms. The van der Waals surface area contributed by atoms with E-state index in [0.29, 0.717) is 19.3 Å². The molecule has 0 unspecified atom stereocenters. The van der Waals surface area contributed by atoms with Gasteiger partial charge in [-0.25, -0.2) is 0 Å². The molecule has 24 heavy (non-hydrogen) atoms. The summed E-state index contributed by atoms with van der Waals surface area (Å²) in [5.41, 5.74) is -2.81. The van der Waals surface area contributed by atoms with Gasteiger partial charge < -0.3 is 10.0 Å². The molecule has 0 saturated carbocycles. The molecule has 1 aromatic rings. The number of likely N-dealkylation sites (tertiary alicyclic amines) is 1. The molecule has 1 aromatic heterocycles. The molecule has 0 bridgehead atoms. The van der Waals surface area contributed by atoms with Gasteiger partial charge in [-0.05, 0) is 19.3 Å². The highest BCUT2D eigenvalue weighted by Crippen LogP contribution is 2.38. The highest BCUT2D eigenvalue weighted by atomic mass is 35.5. The maximum absolute atomic E-state index is 12.9. The van der Waals surface area contributed by atoms with Crippen LogP contribution in [-0.4, -0.2) is 44.8 Å². The second kappa shape index (κ2) is 6.27. The van der Waals surface area contributed by atoms with Crippen LogP contribution in [0.2, 0.25) is 5.02 Å². The third kappa shape index (κ3) is 3.09. The van der Waals surface area contributed by atoms with Crippen LogP contribution in [-0.2, 0) is 18.0 Å². The lowest BCUT2D eigenvalue weighted by Gasteiger charge is -2.39. The minimum Gasteiger partial charge on any atom is -0.481 e. The van der Waals surface area contributed by atoms with E-state index in [1.54, 1.807) is 6.92 Å². The molecule has 1 fully saturated rings. The maximum atomic E-state index is 12.9. The van der Waals surface area contributed by atoms with Crippen molar-refractivity contribution in [3.8, 4) is 0 Å². The normalized spacial score (nSPS) is 21.8. The highest BCUT2D eigenvalue weighted by molar-refractivity contribution is 6.34. The first-order valence-electron chi connectivity index (χ1n) is 7.36. The molecular formula is C14H17ClF3N3O3. The van der Waals surface area contributed by atoms with Crippen molar-refractivity contribution in [2.45, 2.75) is 32.4 Å². The van der Waals surface area contributed by atoms with Gasteiger partial charge in [0.1, 0.15) is 10.7 Å². The van der Waals surface area contributed by atoms with Crippen molar-refractivity contribution < 1.29 is 27.9 Å². The molecular weight excluding hydrogens is 351 g/mol. The summed E-state index contributed by atoms with van der Waals surface area (Å²) in [4.78, 5) is 25.4. The van der Waals surface area contributed by atoms with Crippen molar-refractivity contribution in [1.29, 1.82) is 0 Å². The quantitative estimate of drug-likeness (QED) is 0.891. The molecule has 1 aliphatic rings. The van der Waals surface area contributed by atoms with Gasteiger partial charge >= 0.3 is 12.1 Å². The molecule has 10 heteroatoms. The largest absolute Gasteiger partial charge is 0.481 e. The fourth-order valence-electron chi connectivity index (χ4n) is 2.98. The molecule has 134 valence electrons. The minimum absolute atomic E-state index is 0.0689. The number of piperidine rings is 1. The number of aryl methyl sites for hydroxylation is 1. The Labute approximate surface area is 141 Å². The Morgan fingerprint density at radius 3 is 2.50 bits per heavy atom. The first-order valence-corrected chi connectivity index (χ1v) is 7.73. The number of halogens is 4. The van der Waals surface area contributed by atoms with Gasteiger partial charge in [0.2, 0.25) is 0 Å². The van der Waals surface area contributed by atoms with Crippen LogP contribution in [0.1, 0.15) is 42.4 Å². The molecule has 2 heterocycles. The van der Waals surface area contributed by atoms with E-state index in [9.17, 15) is 27.9 Å². The van der Waals surface area contributed by atoms with Crippen LogP contribution in [0.4, 0.5) is 13.2 Å². The Morgan fingerprint density at radius 1 is 1.42 bits per heavy atom. The Morgan fingerprint density at radius 2 is 2.04 bits per heavy atom. The summed E-state index contributed by atoms with van der Waals surface area (Å²) in [6.45, 7) is 1.90. The molecule has 1 aliphatic heterocycles. The van der Waals surface area contributed by atoms with E-state index in [-0.39, 0.29) is 18.8 Å². The predicted octanol–water partition coefficient (Wildman–Crippen LogP) is 2.81. The monoisotopic (exact) mass is 367 g/mol. The van der Waals surface area contributed by atoms with Crippen LogP contribution in [0.15, 0.2) is 0 Å². The van der Waals surface area contributed by atoms with E-state index in [0.717, 1.165) is 4.68 Å². The molecule has 1 atom stereocenters.